The minimum Gasteiger partial charge on any atom is -0.493 e. The molecule has 2 rings (SSSR count). The summed E-state index contributed by atoms with van der Waals surface area (Å²) in [6.07, 6.45) is 0.793. The van der Waals surface area contributed by atoms with Gasteiger partial charge in [-0.1, -0.05) is 23.7 Å². The molecule has 3 nitrogen and oxygen atoms in total. The zero-order valence-electron chi connectivity index (χ0n) is 11.7. The lowest BCUT2D eigenvalue weighted by Crippen LogP contribution is -2.04. The van der Waals surface area contributed by atoms with E-state index in [9.17, 15) is 0 Å². The van der Waals surface area contributed by atoms with Crippen molar-refractivity contribution in [1.82, 2.24) is 0 Å². The van der Waals surface area contributed by atoms with Gasteiger partial charge in [-0.25, -0.2) is 0 Å². The second-order valence-electron chi connectivity index (χ2n) is 4.42. The predicted octanol–water partition coefficient (Wildman–Crippen LogP) is 3.53. The Morgan fingerprint density at radius 2 is 1.75 bits per heavy atom. The average Bonchev–Trinajstić information content (AvgIpc) is 2.47. The highest BCUT2D eigenvalue weighted by Gasteiger charge is 2.13. The van der Waals surface area contributed by atoms with Gasteiger partial charge in [0.1, 0.15) is 0 Å². The molecule has 2 N–H and O–H groups in total. The highest BCUT2D eigenvalue weighted by atomic mass is 35.5. The molecule has 2 aromatic carbocycles. The smallest absolute Gasteiger partial charge is 0.168 e. The molecule has 0 aliphatic heterocycles. The van der Waals surface area contributed by atoms with Crippen LogP contribution >= 0.6 is 11.6 Å². The molecule has 0 fully saturated rings. The average molecular weight is 292 g/mol. The molecule has 0 bridgehead atoms. The number of hydrogen-bond acceptors (Lipinski definition) is 3. The van der Waals surface area contributed by atoms with Crippen LogP contribution < -0.4 is 15.2 Å². The van der Waals surface area contributed by atoms with Crippen molar-refractivity contribution in [3.05, 3.63) is 47.0 Å². The van der Waals surface area contributed by atoms with Gasteiger partial charge in [-0.3, -0.25) is 0 Å². The molecular formula is C16H18ClNO2. The van der Waals surface area contributed by atoms with E-state index in [4.69, 9.17) is 26.8 Å². The summed E-state index contributed by atoms with van der Waals surface area (Å²) in [6.45, 7) is 0.593. The molecule has 0 saturated heterocycles. The number of rotatable bonds is 5. The van der Waals surface area contributed by atoms with Crippen LogP contribution in [0.4, 0.5) is 0 Å². The first kappa shape index (κ1) is 14.7. The third kappa shape index (κ3) is 3.06. The van der Waals surface area contributed by atoms with E-state index in [2.05, 4.69) is 6.07 Å². The number of nitrogens with two attached hydrogens (primary N) is 1. The summed E-state index contributed by atoms with van der Waals surface area (Å²) >= 11 is 5.94. The SMILES string of the molecule is COc1cc(CCN)cc(-c2ccc(Cl)cc2)c1OC. The highest BCUT2D eigenvalue weighted by molar-refractivity contribution is 6.30. The molecule has 20 heavy (non-hydrogen) atoms. The molecule has 0 atom stereocenters. The van der Waals surface area contributed by atoms with Crippen LogP contribution in [0.2, 0.25) is 5.02 Å². The van der Waals surface area contributed by atoms with Crippen LogP contribution in [0.5, 0.6) is 11.5 Å². The first-order chi connectivity index (χ1) is 9.69. The Morgan fingerprint density at radius 3 is 2.30 bits per heavy atom. The normalized spacial score (nSPS) is 10.4. The molecule has 0 spiro atoms. The van der Waals surface area contributed by atoms with Gasteiger partial charge >= 0.3 is 0 Å². The molecule has 2 aromatic rings. The number of halogens is 1. The molecule has 4 heteroatoms. The van der Waals surface area contributed by atoms with Crippen molar-refractivity contribution in [2.45, 2.75) is 6.42 Å². The Balaban J connectivity index is 2.58. The fourth-order valence-electron chi connectivity index (χ4n) is 2.18. The summed E-state index contributed by atoms with van der Waals surface area (Å²) in [5, 5.41) is 0.706. The zero-order valence-corrected chi connectivity index (χ0v) is 12.4. The minimum atomic E-state index is 0.593. The zero-order chi connectivity index (χ0) is 14.5. The first-order valence-electron chi connectivity index (χ1n) is 6.40. The molecule has 0 aliphatic rings. The van der Waals surface area contributed by atoms with Crippen LogP contribution in [0.1, 0.15) is 5.56 Å². The van der Waals surface area contributed by atoms with Crippen LogP contribution in [0.15, 0.2) is 36.4 Å². The van der Waals surface area contributed by atoms with E-state index in [1.54, 1.807) is 14.2 Å². The Labute approximate surface area is 124 Å². The number of hydrogen-bond donors (Lipinski definition) is 1. The third-order valence-electron chi connectivity index (χ3n) is 3.13. The summed E-state index contributed by atoms with van der Waals surface area (Å²) in [6, 6.07) is 11.7. The number of benzene rings is 2. The van der Waals surface area contributed by atoms with Gasteiger partial charge in [-0.05, 0) is 48.4 Å². The lowest BCUT2D eigenvalue weighted by atomic mass is 10.00. The Bertz CT molecular complexity index is 582. The largest absolute Gasteiger partial charge is 0.493 e. The van der Waals surface area contributed by atoms with Gasteiger partial charge in [0.25, 0.3) is 0 Å². The van der Waals surface area contributed by atoms with Crippen LogP contribution in [0.3, 0.4) is 0 Å². The van der Waals surface area contributed by atoms with E-state index in [1.807, 2.05) is 30.3 Å². The second kappa shape index (κ2) is 6.64. The molecule has 106 valence electrons. The standard InChI is InChI=1S/C16H18ClNO2/c1-19-15-10-11(7-8-18)9-14(16(15)20-2)12-3-5-13(17)6-4-12/h3-6,9-10H,7-8,18H2,1-2H3. The van der Waals surface area contributed by atoms with E-state index in [-0.39, 0.29) is 0 Å². The lowest BCUT2D eigenvalue weighted by Gasteiger charge is -2.15. The fraction of sp³-hybridized carbons (Fsp3) is 0.250. The van der Waals surface area contributed by atoms with Crippen LogP contribution in [0, 0.1) is 0 Å². The van der Waals surface area contributed by atoms with Crippen molar-refractivity contribution >= 4 is 11.6 Å². The van der Waals surface area contributed by atoms with Crippen molar-refractivity contribution in [1.29, 1.82) is 0 Å². The number of methoxy groups -OCH3 is 2. The summed E-state index contributed by atoms with van der Waals surface area (Å²) < 4.78 is 10.9. The van der Waals surface area contributed by atoms with Crippen molar-refractivity contribution in [3.63, 3.8) is 0 Å². The van der Waals surface area contributed by atoms with Gasteiger partial charge in [0, 0.05) is 10.6 Å². The number of ether oxygens (including phenoxy) is 2. The molecule has 0 aromatic heterocycles. The van der Waals surface area contributed by atoms with Gasteiger partial charge in [0.15, 0.2) is 11.5 Å². The van der Waals surface area contributed by atoms with Gasteiger partial charge in [0.2, 0.25) is 0 Å². The minimum absolute atomic E-state index is 0.593. The molecule has 0 aliphatic carbocycles. The summed E-state index contributed by atoms with van der Waals surface area (Å²) in [5.41, 5.74) is 8.77. The van der Waals surface area contributed by atoms with Gasteiger partial charge < -0.3 is 15.2 Å². The molecule has 0 unspecified atom stereocenters. The molecule has 0 saturated carbocycles. The van der Waals surface area contributed by atoms with E-state index >= 15 is 0 Å². The summed E-state index contributed by atoms with van der Waals surface area (Å²) in [7, 11) is 3.27. The van der Waals surface area contributed by atoms with Crippen LogP contribution in [0.25, 0.3) is 11.1 Å². The van der Waals surface area contributed by atoms with Crippen LogP contribution in [-0.2, 0) is 6.42 Å². The summed E-state index contributed by atoms with van der Waals surface area (Å²) in [5.74, 6) is 1.43. The Morgan fingerprint density at radius 1 is 1.05 bits per heavy atom. The molecular weight excluding hydrogens is 274 g/mol. The second-order valence-corrected chi connectivity index (χ2v) is 4.86. The third-order valence-corrected chi connectivity index (χ3v) is 3.38. The predicted molar refractivity (Wildman–Crippen MR) is 82.8 cm³/mol. The highest BCUT2D eigenvalue weighted by Crippen LogP contribution is 2.39. The molecule has 0 heterocycles. The van der Waals surface area contributed by atoms with Crippen LogP contribution in [-0.4, -0.2) is 20.8 Å². The lowest BCUT2D eigenvalue weighted by molar-refractivity contribution is 0.355. The quantitative estimate of drug-likeness (QED) is 0.916. The van der Waals surface area contributed by atoms with Gasteiger partial charge in [0.05, 0.1) is 14.2 Å². The Kier molecular flexibility index (Phi) is 4.88. The maximum Gasteiger partial charge on any atom is 0.168 e. The fourth-order valence-corrected chi connectivity index (χ4v) is 2.30. The van der Waals surface area contributed by atoms with Crippen molar-refractivity contribution in [2.75, 3.05) is 20.8 Å². The Hall–Kier alpha value is -1.71. The maximum absolute atomic E-state index is 5.94. The topological polar surface area (TPSA) is 44.5 Å². The van der Waals surface area contributed by atoms with E-state index < -0.39 is 0 Å². The molecule has 0 radical (unpaired) electrons. The monoisotopic (exact) mass is 291 g/mol. The van der Waals surface area contributed by atoms with E-state index in [1.165, 1.54) is 0 Å². The van der Waals surface area contributed by atoms with Crippen molar-refractivity contribution in [3.8, 4) is 22.6 Å². The van der Waals surface area contributed by atoms with E-state index in [0.717, 1.165) is 28.9 Å². The van der Waals surface area contributed by atoms with Gasteiger partial charge in [-0.15, -0.1) is 0 Å². The van der Waals surface area contributed by atoms with Gasteiger partial charge in [-0.2, -0.15) is 0 Å². The van der Waals surface area contributed by atoms with Crippen molar-refractivity contribution in [2.24, 2.45) is 5.73 Å². The summed E-state index contributed by atoms with van der Waals surface area (Å²) in [4.78, 5) is 0. The van der Waals surface area contributed by atoms with E-state index in [0.29, 0.717) is 17.3 Å². The van der Waals surface area contributed by atoms with Crippen molar-refractivity contribution < 1.29 is 9.47 Å². The first-order valence-corrected chi connectivity index (χ1v) is 6.78. The molecule has 0 amide bonds. The maximum atomic E-state index is 5.94.